The van der Waals surface area contributed by atoms with E-state index in [1.165, 1.54) is 22.5 Å². The molecule has 1 saturated heterocycles. The van der Waals surface area contributed by atoms with Crippen molar-refractivity contribution in [3.63, 3.8) is 0 Å². The fourth-order valence-electron chi connectivity index (χ4n) is 1.97. The van der Waals surface area contributed by atoms with Gasteiger partial charge in [-0.3, -0.25) is 9.69 Å². The zero-order chi connectivity index (χ0) is 14.3. The van der Waals surface area contributed by atoms with Crippen molar-refractivity contribution in [2.45, 2.75) is 11.7 Å². The number of thiazole rings is 1. The molecule has 2 aromatic rings. The van der Waals surface area contributed by atoms with E-state index >= 15 is 0 Å². The fourth-order valence-corrected chi connectivity index (χ4v) is 3.48. The monoisotopic (exact) mass is 316 g/mol. The zero-order valence-electron chi connectivity index (χ0n) is 10.0. The Bertz CT molecular complexity index is 738. The summed E-state index contributed by atoms with van der Waals surface area (Å²) in [6.45, 7) is -0.206. The van der Waals surface area contributed by atoms with Gasteiger partial charge in [-0.2, -0.15) is 8.42 Å². The number of hydrogen-bond donors (Lipinski definition) is 0. The average Bonchev–Trinajstić information content (AvgIpc) is 3.06. The van der Waals surface area contributed by atoms with E-state index in [1.54, 1.807) is 17.5 Å². The number of rotatable bonds is 3. The van der Waals surface area contributed by atoms with Gasteiger partial charge in [0, 0.05) is 18.3 Å². The summed E-state index contributed by atoms with van der Waals surface area (Å²) >= 11 is 1.18. The molecule has 1 unspecified atom stereocenters. The van der Waals surface area contributed by atoms with E-state index < -0.39 is 21.4 Å². The lowest BCUT2D eigenvalue weighted by atomic mass is 10.4. The second-order valence-corrected chi connectivity index (χ2v) is 6.75. The van der Waals surface area contributed by atoms with Crippen LogP contribution in [0.1, 0.15) is 6.42 Å². The van der Waals surface area contributed by atoms with E-state index in [0.29, 0.717) is 16.6 Å². The van der Waals surface area contributed by atoms with Gasteiger partial charge in [-0.25, -0.2) is 4.98 Å². The minimum absolute atomic E-state index is 0.206. The third-order valence-corrected chi connectivity index (χ3v) is 4.96. The maximum absolute atomic E-state index is 12.9. The molecule has 9 heteroatoms. The summed E-state index contributed by atoms with van der Waals surface area (Å²) in [4.78, 5) is 17.2. The fraction of sp³-hybridized carbons (Fsp3) is 0.273. The van der Waals surface area contributed by atoms with Gasteiger partial charge in [-0.1, -0.05) is 0 Å². The maximum atomic E-state index is 12.9. The smallest absolute Gasteiger partial charge is 0.307 e. The number of nitrogens with zero attached hydrogens (tertiary/aromatic N) is 2. The Balaban J connectivity index is 1.86. The van der Waals surface area contributed by atoms with Crippen molar-refractivity contribution in [1.29, 1.82) is 0 Å². The molecule has 0 spiro atoms. The van der Waals surface area contributed by atoms with Crippen LogP contribution in [-0.2, 0) is 15.0 Å². The number of carbonyl (C=O) groups is 1. The van der Waals surface area contributed by atoms with Gasteiger partial charge in [-0.05, 0) is 12.1 Å². The summed E-state index contributed by atoms with van der Waals surface area (Å²) in [5.74, 6) is 0.102. The van der Waals surface area contributed by atoms with Crippen molar-refractivity contribution in [1.82, 2.24) is 4.98 Å². The lowest BCUT2D eigenvalue weighted by Crippen LogP contribution is -2.26. The average molecular weight is 316 g/mol. The third-order valence-electron chi connectivity index (χ3n) is 2.98. The second kappa shape index (κ2) is 4.67. The predicted octanol–water partition coefficient (Wildman–Crippen LogP) is 1.81. The number of halogens is 1. The Morgan fingerprint density at radius 3 is 2.90 bits per heavy atom. The van der Waals surface area contributed by atoms with Gasteiger partial charge in [0.2, 0.25) is 5.91 Å². The van der Waals surface area contributed by atoms with Crippen molar-refractivity contribution in [2.75, 3.05) is 11.4 Å². The van der Waals surface area contributed by atoms with Crippen molar-refractivity contribution in [2.24, 2.45) is 0 Å². The van der Waals surface area contributed by atoms with Crippen LogP contribution >= 0.6 is 11.3 Å². The van der Waals surface area contributed by atoms with E-state index in [9.17, 15) is 17.1 Å². The van der Waals surface area contributed by atoms with E-state index in [1.807, 2.05) is 0 Å². The minimum atomic E-state index is -4.72. The van der Waals surface area contributed by atoms with Crippen molar-refractivity contribution < 1.29 is 21.5 Å². The standard InChI is InChI=1S/C11H9FN2O4S2/c12-20(16,17)7-4-10(15)14(5-7)11-13-8(6-19-11)9-2-1-3-18-9/h1-3,6-7H,4-5H2. The predicted molar refractivity (Wildman–Crippen MR) is 70.6 cm³/mol. The molecule has 0 bridgehead atoms. The minimum Gasteiger partial charge on any atom is -0.463 e. The molecule has 1 atom stereocenters. The molecule has 106 valence electrons. The number of hydrogen-bond acceptors (Lipinski definition) is 6. The third kappa shape index (κ3) is 2.34. The molecule has 6 nitrogen and oxygen atoms in total. The molecule has 0 saturated carbocycles. The van der Waals surface area contributed by atoms with Crippen LogP contribution in [0, 0.1) is 0 Å². The number of furan rings is 1. The molecule has 3 rings (SSSR count). The number of aromatic nitrogens is 1. The summed E-state index contributed by atoms with van der Waals surface area (Å²) in [6.07, 6.45) is 1.15. The van der Waals surface area contributed by atoms with Gasteiger partial charge in [0.25, 0.3) is 0 Å². The molecule has 1 fully saturated rings. The Morgan fingerprint density at radius 2 is 2.30 bits per heavy atom. The van der Waals surface area contributed by atoms with Crippen LogP contribution in [0.4, 0.5) is 9.02 Å². The first-order chi connectivity index (χ1) is 9.45. The summed E-state index contributed by atoms with van der Waals surface area (Å²) in [5, 5.41) is 0.720. The molecule has 0 N–H and O–H groups in total. The van der Waals surface area contributed by atoms with Gasteiger partial charge in [0.15, 0.2) is 10.9 Å². The Labute approximate surface area is 118 Å². The number of anilines is 1. The van der Waals surface area contributed by atoms with Gasteiger partial charge >= 0.3 is 10.2 Å². The first-order valence-corrected chi connectivity index (χ1v) is 8.01. The van der Waals surface area contributed by atoms with Crippen LogP contribution in [0.15, 0.2) is 28.2 Å². The highest BCUT2D eigenvalue weighted by atomic mass is 32.3. The van der Waals surface area contributed by atoms with Crippen LogP contribution in [0.3, 0.4) is 0 Å². The molecular formula is C11H9FN2O4S2. The van der Waals surface area contributed by atoms with E-state index in [0.717, 1.165) is 0 Å². The van der Waals surface area contributed by atoms with E-state index in [2.05, 4.69) is 4.98 Å². The Kier molecular flexibility index (Phi) is 3.09. The molecule has 2 aromatic heterocycles. The molecule has 1 aliphatic rings. The lowest BCUT2D eigenvalue weighted by molar-refractivity contribution is -0.117. The van der Waals surface area contributed by atoms with Crippen molar-refractivity contribution >= 4 is 32.6 Å². The Morgan fingerprint density at radius 1 is 1.50 bits per heavy atom. The highest BCUT2D eigenvalue weighted by molar-refractivity contribution is 7.87. The zero-order valence-corrected chi connectivity index (χ0v) is 11.7. The van der Waals surface area contributed by atoms with Gasteiger partial charge in [0.1, 0.15) is 10.9 Å². The van der Waals surface area contributed by atoms with Crippen molar-refractivity contribution in [3.05, 3.63) is 23.8 Å². The molecule has 0 aromatic carbocycles. The first kappa shape index (κ1) is 13.3. The lowest BCUT2D eigenvalue weighted by Gasteiger charge is -2.11. The molecule has 1 amide bonds. The van der Waals surface area contributed by atoms with Crippen molar-refractivity contribution in [3.8, 4) is 11.5 Å². The van der Waals surface area contributed by atoms with Crippen LogP contribution in [0.5, 0.6) is 0 Å². The van der Waals surface area contributed by atoms with Gasteiger partial charge in [0.05, 0.1) is 6.26 Å². The van der Waals surface area contributed by atoms with Crippen LogP contribution < -0.4 is 4.90 Å². The number of carbonyl (C=O) groups excluding carboxylic acids is 1. The molecule has 0 radical (unpaired) electrons. The maximum Gasteiger partial charge on any atom is 0.307 e. The highest BCUT2D eigenvalue weighted by Crippen LogP contribution is 2.31. The SMILES string of the molecule is O=C1CC(S(=O)(=O)F)CN1c1nc(-c2ccco2)cs1. The first-order valence-electron chi connectivity index (χ1n) is 5.68. The molecule has 3 heterocycles. The molecule has 0 aliphatic carbocycles. The Hall–Kier alpha value is -1.74. The summed E-state index contributed by atoms with van der Waals surface area (Å²) < 4.78 is 39.9. The molecule has 20 heavy (non-hydrogen) atoms. The summed E-state index contributed by atoms with van der Waals surface area (Å²) in [6, 6.07) is 3.43. The quantitative estimate of drug-likeness (QED) is 0.807. The summed E-state index contributed by atoms with van der Waals surface area (Å²) in [5.41, 5.74) is 0.550. The van der Waals surface area contributed by atoms with Gasteiger partial charge < -0.3 is 4.42 Å². The van der Waals surface area contributed by atoms with E-state index in [4.69, 9.17) is 4.42 Å². The molecule has 1 aliphatic heterocycles. The van der Waals surface area contributed by atoms with E-state index in [-0.39, 0.29) is 13.0 Å². The largest absolute Gasteiger partial charge is 0.463 e. The summed E-state index contributed by atoms with van der Waals surface area (Å²) in [7, 11) is -4.72. The number of amides is 1. The van der Waals surface area contributed by atoms with Crippen LogP contribution in [0.25, 0.3) is 11.5 Å². The normalized spacial score (nSPS) is 19.8. The topological polar surface area (TPSA) is 80.5 Å². The molecular weight excluding hydrogens is 307 g/mol. The van der Waals surface area contributed by atoms with Crippen LogP contribution in [-0.4, -0.2) is 31.1 Å². The van der Waals surface area contributed by atoms with Crippen LogP contribution in [0.2, 0.25) is 0 Å². The second-order valence-electron chi connectivity index (χ2n) is 4.30. The highest BCUT2D eigenvalue weighted by Gasteiger charge is 2.40. The van der Waals surface area contributed by atoms with Gasteiger partial charge in [-0.15, -0.1) is 15.2 Å².